The van der Waals surface area contributed by atoms with E-state index in [9.17, 15) is 0 Å². The van der Waals surface area contributed by atoms with Crippen LogP contribution < -0.4 is 14.7 Å². The van der Waals surface area contributed by atoms with Crippen LogP contribution in [0.5, 0.6) is 0 Å². The van der Waals surface area contributed by atoms with Crippen LogP contribution in [-0.4, -0.2) is 6.54 Å². The van der Waals surface area contributed by atoms with Crippen LogP contribution in [0.3, 0.4) is 0 Å². The van der Waals surface area contributed by atoms with Gasteiger partial charge in [0.05, 0.1) is 5.69 Å². The summed E-state index contributed by atoms with van der Waals surface area (Å²) in [5.41, 5.74) is 13.0. The lowest BCUT2D eigenvalue weighted by Gasteiger charge is -2.30. The van der Waals surface area contributed by atoms with E-state index >= 15 is 0 Å². The first kappa shape index (κ1) is 36.7. The first-order chi connectivity index (χ1) is 31.2. The summed E-state index contributed by atoms with van der Waals surface area (Å²) < 4.78 is 0. The van der Waals surface area contributed by atoms with E-state index in [0.717, 1.165) is 47.1 Å². The third-order valence-corrected chi connectivity index (χ3v) is 12.8. The number of para-hydroxylation sites is 3. The molecule has 3 heteroatoms. The van der Waals surface area contributed by atoms with Gasteiger partial charge in [-0.2, -0.15) is 0 Å². The maximum Gasteiger partial charge on any atom is 0.0571 e. The number of hydrogen-bond acceptors (Lipinski definition) is 3. The largest absolute Gasteiger partial charge is 0.340 e. The summed E-state index contributed by atoms with van der Waals surface area (Å²) in [5, 5.41) is 9.77. The molecule has 0 saturated carbocycles. The monoisotopic (exact) mass is 805 g/mol. The Hall–Kier alpha value is -8.14. The van der Waals surface area contributed by atoms with Crippen molar-refractivity contribution in [1.29, 1.82) is 0 Å². The second-order valence-electron chi connectivity index (χ2n) is 16.5. The van der Waals surface area contributed by atoms with Crippen molar-refractivity contribution in [2.24, 2.45) is 0 Å². The predicted molar refractivity (Wildman–Crippen MR) is 268 cm³/mol. The Bertz CT molecular complexity index is 3470. The highest BCUT2D eigenvalue weighted by Crippen LogP contribution is 2.51. The molecule has 0 aromatic heterocycles. The van der Waals surface area contributed by atoms with Gasteiger partial charge in [-0.15, -0.1) is 0 Å². The van der Waals surface area contributed by atoms with Crippen LogP contribution in [0.25, 0.3) is 54.2 Å². The molecular weight excluding hydrogens is 763 g/mol. The molecule has 0 amide bonds. The number of benzene rings is 11. The molecule has 11 aromatic carbocycles. The molecule has 11 aromatic rings. The van der Waals surface area contributed by atoms with Gasteiger partial charge in [-0.05, 0) is 134 Å². The van der Waals surface area contributed by atoms with E-state index in [2.05, 4.69) is 251 Å². The van der Waals surface area contributed by atoms with Gasteiger partial charge < -0.3 is 14.7 Å². The summed E-state index contributed by atoms with van der Waals surface area (Å²) in [5.74, 6) is 0. The van der Waals surface area contributed by atoms with Crippen molar-refractivity contribution >= 4 is 88.6 Å². The normalized spacial score (nSPS) is 12.3. The Kier molecular flexibility index (Phi) is 8.97. The summed E-state index contributed by atoms with van der Waals surface area (Å²) >= 11 is 0. The number of rotatable bonds is 8. The molecule has 0 unspecified atom stereocenters. The third kappa shape index (κ3) is 6.45. The van der Waals surface area contributed by atoms with Gasteiger partial charge in [0.25, 0.3) is 0 Å². The fourth-order valence-electron chi connectivity index (χ4n) is 9.92. The number of hydrogen-bond donors (Lipinski definition) is 0. The topological polar surface area (TPSA) is 9.72 Å². The van der Waals surface area contributed by atoms with Gasteiger partial charge in [0, 0.05) is 57.1 Å². The molecule has 0 spiro atoms. The fraction of sp³-hybridized carbons (Fsp3) is 0.0333. The zero-order chi connectivity index (χ0) is 41.7. The molecular formula is C60H43N3. The molecule has 1 aliphatic heterocycles. The molecule has 0 aliphatic carbocycles. The predicted octanol–water partition coefficient (Wildman–Crippen LogP) is 16.6. The highest BCUT2D eigenvalue weighted by atomic mass is 15.2. The van der Waals surface area contributed by atoms with E-state index in [0.29, 0.717) is 0 Å². The summed E-state index contributed by atoms with van der Waals surface area (Å²) in [7, 11) is 0. The van der Waals surface area contributed by atoms with Crippen molar-refractivity contribution in [2.45, 2.75) is 6.42 Å². The van der Waals surface area contributed by atoms with Gasteiger partial charge in [-0.1, -0.05) is 158 Å². The second-order valence-corrected chi connectivity index (χ2v) is 16.5. The summed E-state index contributed by atoms with van der Waals surface area (Å²) in [6.07, 6.45) is 0.994. The SMILES string of the molecule is c1ccc(-c2c3cc(N(c4ccccc4)c4ccc5ccccc5c4)ccc3c(N3CCc4ccccc43)c3cc(N(c4ccccc4)c4ccc5ccccc5c4)ccc23)cc1. The average Bonchev–Trinajstić information content (AvgIpc) is 3.78. The lowest BCUT2D eigenvalue weighted by atomic mass is 9.89. The Morgan fingerprint density at radius 3 is 1.38 bits per heavy atom. The first-order valence-corrected chi connectivity index (χ1v) is 21.9. The van der Waals surface area contributed by atoms with Gasteiger partial charge in [-0.3, -0.25) is 0 Å². The molecule has 12 rings (SSSR count). The van der Waals surface area contributed by atoms with Gasteiger partial charge in [0.1, 0.15) is 0 Å². The molecule has 0 radical (unpaired) electrons. The zero-order valence-electron chi connectivity index (χ0n) is 34.8. The molecule has 0 saturated heterocycles. The molecule has 1 aliphatic rings. The summed E-state index contributed by atoms with van der Waals surface area (Å²) in [6, 6.07) is 86.6. The van der Waals surface area contributed by atoms with Crippen molar-refractivity contribution < 1.29 is 0 Å². The molecule has 3 nitrogen and oxygen atoms in total. The molecule has 298 valence electrons. The van der Waals surface area contributed by atoms with Gasteiger partial charge in [0.2, 0.25) is 0 Å². The number of fused-ring (bicyclic) bond motifs is 5. The van der Waals surface area contributed by atoms with Gasteiger partial charge in [0.15, 0.2) is 0 Å². The third-order valence-electron chi connectivity index (χ3n) is 12.8. The maximum absolute atomic E-state index is 2.58. The molecule has 0 N–H and O–H groups in total. The van der Waals surface area contributed by atoms with Crippen LogP contribution in [0.15, 0.2) is 237 Å². The highest BCUT2D eigenvalue weighted by Gasteiger charge is 2.27. The molecule has 0 bridgehead atoms. The smallest absolute Gasteiger partial charge is 0.0571 e. The Morgan fingerprint density at radius 1 is 0.317 bits per heavy atom. The van der Waals surface area contributed by atoms with Gasteiger partial charge >= 0.3 is 0 Å². The van der Waals surface area contributed by atoms with Crippen LogP contribution in [0.4, 0.5) is 45.5 Å². The van der Waals surface area contributed by atoms with Crippen LogP contribution in [0.1, 0.15) is 5.56 Å². The van der Waals surface area contributed by atoms with E-state index < -0.39 is 0 Å². The highest BCUT2D eigenvalue weighted by molar-refractivity contribution is 6.23. The zero-order valence-corrected chi connectivity index (χ0v) is 34.8. The van der Waals surface area contributed by atoms with Crippen molar-refractivity contribution in [3.8, 4) is 11.1 Å². The molecule has 1 heterocycles. The fourth-order valence-corrected chi connectivity index (χ4v) is 9.92. The van der Waals surface area contributed by atoms with E-state index in [1.807, 2.05) is 0 Å². The Morgan fingerprint density at radius 2 is 0.778 bits per heavy atom. The Labute approximate surface area is 368 Å². The van der Waals surface area contributed by atoms with Crippen LogP contribution in [0, 0.1) is 0 Å². The Balaban J connectivity index is 1.15. The molecule has 63 heavy (non-hydrogen) atoms. The minimum Gasteiger partial charge on any atom is -0.340 e. The van der Waals surface area contributed by atoms with E-state index in [4.69, 9.17) is 0 Å². The number of nitrogens with zero attached hydrogens (tertiary/aromatic N) is 3. The van der Waals surface area contributed by atoms with E-state index in [1.54, 1.807) is 0 Å². The number of anilines is 8. The van der Waals surface area contributed by atoms with Crippen LogP contribution >= 0.6 is 0 Å². The van der Waals surface area contributed by atoms with Crippen molar-refractivity contribution in [1.82, 2.24) is 0 Å². The lowest BCUT2D eigenvalue weighted by molar-refractivity contribution is 1.01. The minimum atomic E-state index is 0.903. The van der Waals surface area contributed by atoms with Crippen LogP contribution in [0.2, 0.25) is 0 Å². The lowest BCUT2D eigenvalue weighted by Crippen LogP contribution is -2.15. The van der Waals surface area contributed by atoms with Crippen LogP contribution in [-0.2, 0) is 6.42 Å². The standard InChI is InChI=1S/C60H43N3/c1-4-19-45(20-5-1)59-54-34-32-53(63(49-25-8-3-9-26-49)51-31-29-43-17-11-13-22-47(43)39-51)41-57(54)60(61-37-36-44-18-14-15-27-58(44)61)55-35-33-52(40-56(55)59)62(48-23-6-2-7-24-48)50-30-28-42-16-10-12-21-46(42)38-50/h1-35,38-41H,36-37H2. The van der Waals surface area contributed by atoms with E-state index in [-0.39, 0.29) is 0 Å². The summed E-state index contributed by atoms with van der Waals surface area (Å²) in [4.78, 5) is 7.39. The van der Waals surface area contributed by atoms with E-state index in [1.165, 1.54) is 71.2 Å². The molecule has 0 atom stereocenters. The van der Waals surface area contributed by atoms with Crippen molar-refractivity contribution in [3.63, 3.8) is 0 Å². The van der Waals surface area contributed by atoms with Gasteiger partial charge in [-0.25, -0.2) is 0 Å². The summed E-state index contributed by atoms with van der Waals surface area (Å²) in [6.45, 7) is 0.903. The first-order valence-electron chi connectivity index (χ1n) is 21.9. The maximum atomic E-state index is 2.58. The second kappa shape index (κ2) is 15.4. The molecule has 0 fully saturated rings. The quantitative estimate of drug-likeness (QED) is 0.142. The van der Waals surface area contributed by atoms with Crippen molar-refractivity contribution in [3.05, 3.63) is 242 Å². The average molecular weight is 806 g/mol. The minimum absolute atomic E-state index is 0.903. The van der Waals surface area contributed by atoms with Crippen molar-refractivity contribution in [2.75, 3.05) is 21.2 Å².